The topological polar surface area (TPSA) is 100 Å². The van der Waals surface area contributed by atoms with Gasteiger partial charge in [0.1, 0.15) is 17.8 Å². The second-order valence-electron chi connectivity index (χ2n) is 6.45. The number of amides is 1. The quantitative estimate of drug-likeness (QED) is 0.824. The third-order valence-corrected chi connectivity index (χ3v) is 5.84. The van der Waals surface area contributed by atoms with Crippen LogP contribution in [0.15, 0.2) is 29.7 Å². The lowest BCUT2D eigenvalue weighted by molar-refractivity contribution is -0.129. The number of H-pyrrole nitrogens is 1. The molecule has 2 aromatic heterocycles. The lowest BCUT2D eigenvalue weighted by Gasteiger charge is -2.37. The van der Waals surface area contributed by atoms with Crippen LogP contribution < -0.4 is 10.6 Å². The van der Waals surface area contributed by atoms with E-state index in [1.165, 1.54) is 0 Å². The molecule has 0 saturated carbocycles. The molecule has 4 heterocycles. The minimum Gasteiger partial charge on any atom is -0.380 e. The molecule has 2 aromatic rings. The Morgan fingerprint density at radius 3 is 3.12 bits per heavy atom. The lowest BCUT2D eigenvalue weighted by atomic mass is 10.0. The zero-order valence-electron chi connectivity index (χ0n) is 14.6. The molecule has 3 N–H and O–H groups in total. The maximum Gasteiger partial charge on any atom is 0.261 e. The fraction of sp³-hybridized carbons (Fsp3) is 0.471. The fourth-order valence-electron chi connectivity index (χ4n) is 3.46. The van der Waals surface area contributed by atoms with Crippen LogP contribution in [0.3, 0.4) is 0 Å². The number of ether oxygens (including phenoxy) is 1. The zero-order valence-corrected chi connectivity index (χ0v) is 15.4. The number of piperidine rings is 1. The number of hydrogen-bond acceptors (Lipinski definition) is 7. The van der Waals surface area contributed by atoms with E-state index in [1.807, 2.05) is 28.3 Å². The molecule has 138 valence electrons. The lowest BCUT2D eigenvalue weighted by Crippen LogP contribution is -2.54. The number of nitrogens with one attached hydrogen (secondary N) is 1. The van der Waals surface area contributed by atoms with Crippen molar-refractivity contribution in [1.82, 2.24) is 19.9 Å². The van der Waals surface area contributed by atoms with Crippen LogP contribution in [0.4, 0.5) is 5.82 Å². The smallest absolute Gasteiger partial charge is 0.261 e. The van der Waals surface area contributed by atoms with E-state index >= 15 is 0 Å². The van der Waals surface area contributed by atoms with Crippen molar-refractivity contribution in [3.63, 3.8) is 0 Å². The van der Waals surface area contributed by atoms with Gasteiger partial charge in [0.25, 0.3) is 5.91 Å². The van der Waals surface area contributed by atoms with Gasteiger partial charge in [-0.3, -0.25) is 4.79 Å². The molecule has 2 aliphatic rings. The summed E-state index contributed by atoms with van der Waals surface area (Å²) in [6, 6.07) is 1.81. The number of nitrogens with zero attached hydrogens (tertiary/aromatic N) is 4. The van der Waals surface area contributed by atoms with Gasteiger partial charge in [-0.05, 0) is 12.5 Å². The summed E-state index contributed by atoms with van der Waals surface area (Å²) in [7, 11) is 1.67. The molecule has 9 heteroatoms. The van der Waals surface area contributed by atoms with Gasteiger partial charge in [0.15, 0.2) is 0 Å². The van der Waals surface area contributed by atoms with Crippen molar-refractivity contribution in [2.45, 2.75) is 18.6 Å². The number of nitrogens with two attached hydrogens (primary N) is 1. The van der Waals surface area contributed by atoms with Crippen LogP contribution in [0.2, 0.25) is 0 Å². The minimum absolute atomic E-state index is 0.0198. The summed E-state index contributed by atoms with van der Waals surface area (Å²) < 4.78 is 5.38. The van der Waals surface area contributed by atoms with Crippen LogP contribution in [0, 0.1) is 0 Å². The second-order valence-corrected chi connectivity index (χ2v) is 7.59. The highest BCUT2D eigenvalue weighted by molar-refractivity contribution is 8.04. The van der Waals surface area contributed by atoms with Crippen molar-refractivity contribution < 1.29 is 9.53 Å². The van der Waals surface area contributed by atoms with Crippen LogP contribution in [0.5, 0.6) is 0 Å². The first-order chi connectivity index (χ1) is 12.7. The molecule has 1 amide bonds. The number of anilines is 1. The first-order valence-corrected chi connectivity index (χ1v) is 9.63. The molecular weight excluding hydrogens is 352 g/mol. The molecule has 26 heavy (non-hydrogen) atoms. The molecule has 0 spiro atoms. The number of hydrogen-bond donors (Lipinski definition) is 2. The number of thioether (sulfide) groups is 1. The summed E-state index contributed by atoms with van der Waals surface area (Å²) in [5.74, 6) is 1.68. The number of carbonyl (C=O) groups is 1. The van der Waals surface area contributed by atoms with Gasteiger partial charge < -0.3 is 25.3 Å². The molecule has 0 aromatic carbocycles. The summed E-state index contributed by atoms with van der Waals surface area (Å²) in [6.07, 6.45) is 6.07. The van der Waals surface area contributed by atoms with E-state index in [4.69, 9.17) is 10.5 Å². The summed E-state index contributed by atoms with van der Waals surface area (Å²) in [6.45, 7) is 1.98. The van der Waals surface area contributed by atoms with E-state index in [-0.39, 0.29) is 18.1 Å². The van der Waals surface area contributed by atoms with Crippen LogP contribution >= 0.6 is 11.8 Å². The average molecular weight is 374 g/mol. The molecule has 1 saturated heterocycles. The molecule has 1 fully saturated rings. The largest absolute Gasteiger partial charge is 0.380 e. The number of carbonyl (C=O) groups excluding carboxylic acids is 1. The van der Waals surface area contributed by atoms with Crippen molar-refractivity contribution in [2.24, 2.45) is 5.73 Å². The number of aromatic amines is 1. The van der Waals surface area contributed by atoms with E-state index in [0.717, 1.165) is 40.5 Å². The van der Waals surface area contributed by atoms with Crippen molar-refractivity contribution in [1.29, 1.82) is 0 Å². The summed E-state index contributed by atoms with van der Waals surface area (Å²) >= 11 is 1.58. The molecule has 4 rings (SSSR count). The molecule has 0 aliphatic carbocycles. The Bertz CT molecular complexity index is 838. The highest BCUT2D eigenvalue weighted by Gasteiger charge is 2.31. The van der Waals surface area contributed by atoms with Gasteiger partial charge in [0.2, 0.25) is 0 Å². The number of likely N-dealkylation sites (tertiary alicyclic amines) is 1. The van der Waals surface area contributed by atoms with Gasteiger partial charge in [-0.1, -0.05) is 0 Å². The summed E-state index contributed by atoms with van der Waals surface area (Å²) in [5.41, 5.74) is 6.93. The monoisotopic (exact) mass is 374 g/mol. The zero-order chi connectivity index (χ0) is 18.1. The Morgan fingerprint density at radius 1 is 1.42 bits per heavy atom. The second kappa shape index (κ2) is 7.26. The van der Waals surface area contributed by atoms with Crippen molar-refractivity contribution in [2.75, 3.05) is 37.4 Å². The standard InChI is InChI=1S/C17H22N6O2S/c1-25-13-3-5-23(8-12(13)18)17(24)14-9-22(6-7-26-14)16-11-2-4-19-15(11)20-10-21-16/h2,4,9-10,12-13H,3,5-8,18H2,1H3,(H,19,20,21)/t12-,13+/m0/s1. The number of methoxy groups -OCH3 is 1. The van der Waals surface area contributed by atoms with Gasteiger partial charge in [-0.25, -0.2) is 9.97 Å². The predicted molar refractivity (Wildman–Crippen MR) is 102 cm³/mol. The maximum absolute atomic E-state index is 13.0. The van der Waals surface area contributed by atoms with E-state index in [9.17, 15) is 4.79 Å². The van der Waals surface area contributed by atoms with Crippen LogP contribution in [0.1, 0.15) is 6.42 Å². The van der Waals surface area contributed by atoms with Crippen molar-refractivity contribution in [3.8, 4) is 0 Å². The van der Waals surface area contributed by atoms with Gasteiger partial charge in [0.05, 0.1) is 16.4 Å². The van der Waals surface area contributed by atoms with E-state index in [2.05, 4.69) is 15.0 Å². The normalized spacial score (nSPS) is 24.0. The average Bonchev–Trinajstić information content (AvgIpc) is 3.16. The van der Waals surface area contributed by atoms with Gasteiger partial charge in [0, 0.05) is 50.9 Å². The Hall–Kier alpha value is -2.10. The third kappa shape index (κ3) is 3.17. The Balaban J connectivity index is 1.55. The number of rotatable bonds is 3. The van der Waals surface area contributed by atoms with Crippen LogP contribution in [-0.4, -0.2) is 70.4 Å². The molecule has 2 atom stereocenters. The van der Waals surface area contributed by atoms with Gasteiger partial charge in [-0.15, -0.1) is 11.8 Å². The predicted octanol–water partition coefficient (Wildman–Crippen LogP) is 0.927. The summed E-state index contributed by atoms with van der Waals surface area (Å²) in [5, 5.41) is 0.949. The van der Waals surface area contributed by atoms with Crippen molar-refractivity contribution >= 4 is 34.5 Å². The Morgan fingerprint density at radius 2 is 2.31 bits per heavy atom. The third-order valence-electron chi connectivity index (χ3n) is 4.86. The first kappa shape index (κ1) is 17.3. The molecular formula is C17H22N6O2S. The minimum atomic E-state index is -0.149. The van der Waals surface area contributed by atoms with Gasteiger partial charge >= 0.3 is 0 Å². The molecule has 0 unspecified atom stereocenters. The van der Waals surface area contributed by atoms with E-state index in [0.29, 0.717) is 13.1 Å². The van der Waals surface area contributed by atoms with E-state index in [1.54, 1.807) is 25.2 Å². The Labute approximate surface area is 155 Å². The molecule has 2 aliphatic heterocycles. The van der Waals surface area contributed by atoms with Crippen molar-refractivity contribution in [3.05, 3.63) is 29.7 Å². The first-order valence-electron chi connectivity index (χ1n) is 8.64. The van der Waals surface area contributed by atoms with Crippen LogP contribution in [-0.2, 0) is 9.53 Å². The molecule has 0 bridgehead atoms. The fourth-order valence-corrected chi connectivity index (χ4v) is 4.42. The van der Waals surface area contributed by atoms with E-state index < -0.39 is 0 Å². The Kier molecular flexibility index (Phi) is 4.84. The van der Waals surface area contributed by atoms with Gasteiger partial charge in [-0.2, -0.15) is 0 Å². The highest BCUT2D eigenvalue weighted by Crippen LogP contribution is 2.30. The summed E-state index contributed by atoms with van der Waals surface area (Å²) in [4.78, 5) is 29.3. The SMILES string of the molecule is CO[C@@H]1CCN(C(=O)C2=CN(c3ncnc4[nH]ccc34)CCS2)C[C@@H]1N. The number of fused-ring (bicyclic) bond motifs is 1. The highest BCUT2D eigenvalue weighted by atomic mass is 32.2. The molecule has 8 nitrogen and oxygen atoms in total. The molecule has 0 radical (unpaired) electrons. The maximum atomic E-state index is 13.0. The van der Waals surface area contributed by atoms with Crippen LogP contribution in [0.25, 0.3) is 11.0 Å². The number of aromatic nitrogens is 3.